The molecule has 0 saturated heterocycles. The Kier molecular flexibility index (Phi) is 3.33. The monoisotopic (exact) mass is 315 g/mol. The van der Waals surface area contributed by atoms with E-state index >= 15 is 0 Å². The molecular formula is C13H9N5O5. The summed E-state index contributed by atoms with van der Waals surface area (Å²) in [5.74, 6) is -1.34. The summed E-state index contributed by atoms with van der Waals surface area (Å²) in [6.45, 7) is 0. The summed E-state index contributed by atoms with van der Waals surface area (Å²) < 4.78 is 1.42. The van der Waals surface area contributed by atoms with Gasteiger partial charge in [0.05, 0.1) is 22.6 Å². The molecule has 2 heterocycles. The molecule has 1 atom stereocenters. The fourth-order valence-electron chi connectivity index (χ4n) is 2.24. The average Bonchev–Trinajstić information content (AvgIpc) is 3.06. The van der Waals surface area contributed by atoms with Gasteiger partial charge < -0.3 is 19.8 Å². The first kappa shape index (κ1) is 14.4. The van der Waals surface area contributed by atoms with Crippen molar-refractivity contribution in [3.63, 3.8) is 0 Å². The summed E-state index contributed by atoms with van der Waals surface area (Å²) >= 11 is 0. The summed E-state index contributed by atoms with van der Waals surface area (Å²) in [6.07, 6.45) is 4.73. The fourth-order valence-corrected chi connectivity index (χ4v) is 2.24. The molecule has 0 saturated carbocycles. The third-order valence-electron chi connectivity index (χ3n) is 3.27. The fraction of sp³-hybridized carbons (Fsp3) is 0.0769. The standard InChI is InChI=1S/C13H9N5O5/c19-5-9-12(13(20)21)16-8-3-10(17-2-1-14-6-17)11(18(22)23)4-7(8)15-9/h1-6,9,15H,(H,20,21). The number of nitrogens with one attached hydrogen (secondary N) is 1. The lowest BCUT2D eigenvalue weighted by Gasteiger charge is -2.21. The number of rotatable bonds is 4. The zero-order valence-corrected chi connectivity index (χ0v) is 11.4. The van der Waals surface area contributed by atoms with Gasteiger partial charge >= 0.3 is 5.97 Å². The molecule has 2 aromatic rings. The van der Waals surface area contributed by atoms with E-state index in [1.807, 2.05) is 0 Å². The number of carbonyl (C=O) groups is 2. The molecule has 23 heavy (non-hydrogen) atoms. The van der Waals surface area contributed by atoms with Gasteiger partial charge in [0.2, 0.25) is 0 Å². The molecular weight excluding hydrogens is 306 g/mol. The van der Waals surface area contributed by atoms with Crippen LogP contribution in [0.4, 0.5) is 17.1 Å². The average molecular weight is 315 g/mol. The van der Waals surface area contributed by atoms with Crippen molar-refractivity contribution in [3.05, 3.63) is 41.0 Å². The number of aliphatic imine (C=N–C) groups is 1. The number of nitrogens with zero attached hydrogens (tertiary/aromatic N) is 4. The van der Waals surface area contributed by atoms with E-state index in [1.54, 1.807) is 0 Å². The molecule has 1 aliphatic heterocycles. The number of nitro benzene ring substituents is 1. The number of imidazole rings is 1. The van der Waals surface area contributed by atoms with Crippen LogP contribution in [0, 0.1) is 10.1 Å². The molecule has 2 N–H and O–H groups in total. The Morgan fingerprint density at radius 3 is 2.83 bits per heavy atom. The quantitative estimate of drug-likeness (QED) is 0.486. The van der Waals surface area contributed by atoms with Crippen LogP contribution in [0.1, 0.15) is 0 Å². The molecule has 0 fully saturated rings. The number of hydrogen-bond acceptors (Lipinski definition) is 7. The number of aliphatic carboxylic acids is 1. The highest BCUT2D eigenvalue weighted by Crippen LogP contribution is 2.37. The van der Waals surface area contributed by atoms with Crippen LogP contribution in [0.3, 0.4) is 0 Å². The molecule has 0 radical (unpaired) electrons. The Bertz CT molecular complexity index is 843. The number of carbonyl (C=O) groups excluding carboxylic acids is 1. The zero-order valence-electron chi connectivity index (χ0n) is 11.4. The van der Waals surface area contributed by atoms with Crippen molar-refractivity contribution < 1.29 is 19.6 Å². The number of carboxylic acids is 1. The first-order valence-corrected chi connectivity index (χ1v) is 6.35. The van der Waals surface area contributed by atoms with E-state index in [9.17, 15) is 19.7 Å². The highest BCUT2D eigenvalue weighted by atomic mass is 16.6. The first-order chi connectivity index (χ1) is 11.0. The van der Waals surface area contributed by atoms with Crippen molar-refractivity contribution in [2.45, 2.75) is 6.04 Å². The molecule has 1 aromatic carbocycles. The number of fused-ring (bicyclic) bond motifs is 1. The van der Waals surface area contributed by atoms with Crippen molar-refractivity contribution in [1.29, 1.82) is 0 Å². The van der Waals surface area contributed by atoms with E-state index in [0.29, 0.717) is 6.29 Å². The van der Waals surface area contributed by atoms with E-state index in [2.05, 4.69) is 15.3 Å². The van der Waals surface area contributed by atoms with Crippen molar-refractivity contribution in [2.24, 2.45) is 4.99 Å². The molecule has 0 bridgehead atoms. The lowest BCUT2D eigenvalue weighted by Crippen LogP contribution is -2.38. The third-order valence-corrected chi connectivity index (χ3v) is 3.27. The second-order valence-corrected chi connectivity index (χ2v) is 4.65. The van der Waals surface area contributed by atoms with Gasteiger partial charge in [-0.3, -0.25) is 10.1 Å². The number of carboxylic acid groups (broad SMARTS) is 1. The van der Waals surface area contributed by atoms with Gasteiger partial charge in [0.25, 0.3) is 5.69 Å². The first-order valence-electron chi connectivity index (χ1n) is 6.35. The predicted molar refractivity (Wildman–Crippen MR) is 78.4 cm³/mol. The second-order valence-electron chi connectivity index (χ2n) is 4.65. The number of benzene rings is 1. The van der Waals surface area contributed by atoms with Crippen LogP contribution in [-0.4, -0.2) is 43.6 Å². The van der Waals surface area contributed by atoms with Crippen LogP contribution in [0.25, 0.3) is 5.69 Å². The number of hydrogen-bond donors (Lipinski definition) is 2. The molecule has 10 nitrogen and oxygen atoms in total. The van der Waals surface area contributed by atoms with Gasteiger partial charge in [-0.1, -0.05) is 0 Å². The van der Waals surface area contributed by atoms with Gasteiger partial charge in [-0.15, -0.1) is 0 Å². The molecule has 116 valence electrons. The Morgan fingerprint density at radius 1 is 1.48 bits per heavy atom. The largest absolute Gasteiger partial charge is 0.477 e. The van der Waals surface area contributed by atoms with Gasteiger partial charge in [0.15, 0.2) is 5.71 Å². The van der Waals surface area contributed by atoms with Gasteiger partial charge in [-0.2, -0.15) is 0 Å². The maximum atomic E-state index is 11.3. The minimum Gasteiger partial charge on any atom is -0.477 e. The summed E-state index contributed by atoms with van der Waals surface area (Å²) in [7, 11) is 0. The van der Waals surface area contributed by atoms with Gasteiger partial charge in [0, 0.05) is 18.5 Å². The Balaban J connectivity index is 2.22. The van der Waals surface area contributed by atoms with E-state index in [4.69, 9.17) is 5.11 Å². The summed E-state index contributed by atoms with van der Waals surface area (Å²) in [5, 5.41) is 23.0. The van der Waals surface area contributed by atoms with E-state index in [0.717, 1.165) is 0 Å². The summed E-state index contributed by atoms with van der Waals surface area (Å²) in [4.78, 5) is 40.6. The molecule has 1 unspecified atom stereocenters. The molecule has 10 heteroatoms. The van der Waals surface area contributed by atoms with E-state index in [-0.39, 0.29) is 28.5 Å². The Morgan fingerprint density at radius 2 is 2.26 bits per heavy atom. The molecule has 1 aromatic heterocycles. The summed E-state index contributed by atoms with van der Waals surface area (Å²) in [6, 6.07) is 1.41. The van der Waals surface area contributed by atoms with E-state index in [1.165, 1.54) is 35.4 Å². The van der Waals surface area contributed by atoms with Crippen LogP contribution >= 0.6 is 0 Å². The highest BCUT2D eigenvalue weighted by Gasteiger charge is 2.30. The maximum Gasteiger partial charge on any atom is 0.352 e. The smallest absolute Gasteiger partial charge is 0.352 e. The van der Waals surface area contributed by atoms with Crippen molar-refractivity contribution in [2.75, 3.05) is 5.32 Å². The van der Waals surface area contributed by atoms with Gasteiger partial charge in [-0.25, -0.2) is 14.8 Å². The number of aldehydes is 1. The normalized spacial score (nSPS) is 16.0. The predicted octanol–water partition coefficient (Wildman–Crippen LogP) is 0.931. The Labute approximate surface area is 128 Å². The topological polar surface area (TPSA) is 140 Å². The number of aromatic nitrogens is 2. The number of anilines is 1. The van der Waals surface area contributed by atoms with Crippen molar-refractivity contribution >= 4 is 35.0 Å². The third kappa shape index (κ3) is 2.41. The van der Waals surface area contributed by atoms with Gasteiger partial charge in [-0.05, 0) is 6.07 Å². The highest BCUT2D eigenvalue weighted by molar-refractivity contribution is 6.42. The van der Waals surface area contributed by atoms with Gasteiger partial charge in [0.1, 0.15) is 18.0 Å². The molecule has 1 aliphatic rings. The van der Waals surface area contributed by atoms with Crippen LogP contribution in [0.5, 0.6) is 0 Å². The second kappa shape index (κ2) is 5.33. The molecule has 0 aliphatic carbocycles. The van der Waals surface area contributed by atoms with E-state index < -0.39 is 16.9 Å². The minimum absolute atomic E-state index is 0.186. The zero-order chi connectivity index (χ0) is 16.6. The lowest BCUT2D eigenvalue weighted by atomic mass is 10.1. The van der Waals surface area contributed by atoms with Crippen LogP contribution in [0.2, 0.25) is 0 Å². The Hall–Kier alpha value is -3.56. The minimum atomic E-state index is -1.34. The van der Waals surface area contributed by atoms with Crippen molar-refractivity contribution in [3.8, 4) is 5.69 Å². The van der Waals surface area contributed by atoms with Crippen LogP contribution in [0.15, 0.2) is 35.8 Å². The lowest BCUT2D eigenvalue weighted by molar-refractivity contribution is -0.384. The molecule has 0 amide bonds. The SMILES string of the molecule is O=CC1Nc2cc([N+](=O)[O-])c(-n3ccnc3)cc2N=C1C(=O)O. The summed E-state index contributed by atoms with van der Waals surface area (Å²) in [5.41, 5.74) is -0.0191. The maximum absolute atomic E-state index is 11.3. The number of nitro groups is 1. The van der Waals surface area contributed by atoms with Crippen molar-refractivity contribution in [1.82, 2.24) is 9.55 Å². The molecule has 3 rings (SSSR count). The molecule has 0 spiro atoms. The van der Waals surface area contributed by atoms with Crippen LogP contribution < -0.4 is 5.32 Å². The van der Waals surface area contributed by atoms with Crippen LogP contribution in [-0.2, 0) is 9.59 Å².